The van der Waals surface area contributed by atoms with Crippen LogP contribution in [0.1, 0.15) is 25.5 Å². The molecule has 0 spiro atoms. The lowest BCUT2D eigenvalue weighted by molar-refractivity contribution is -0.120. The Hall–Kier alpha value is -2.14. The van der Waals surface area contributed by atoms with Gasteiger partial charge in [0, 0.05) is 4.90 Å². The molecule has 2 atom stereocenters. The van der Waals surface area contributed by atoms with Crippen LogP contribution in [0.25, 0.3) is 0 Å². The van der Waals surface area contributed by atoms with Gasteiger partial charge in [-0.2, -0.15) is 0 Å². The summed E-state index contributed by atoms with van der Waals surface area (Å²) in [4.78, 5) is 13.5. The molecule has 0 bridgehead atoms. The predicted octanol–water partition coefficient (Wildman–Crippen LogP) is 4.06. The van der Waals surface area contributed by atoms with E-state index >= 15 is 0 Å². The Morgan fingerprint density at radius 3 is 2.29 bits per heavy atom. The van der Waals surface area contributed by atoms with E-state index < -0.39 is 0 Å². The summed E-state index contributed by atoms with van der Waals surface area (Å²) in [6.07, 6.45) is 0. The fourth-order valence-corrected chi connectivity index (χ4v) is 3.19. The molecule has 2 aromatic rings. The summed E-state index contributed by atoms with van der Waals surface area (Å²) in [6.45, 7) is 3.87. The summed E-state index contributed by atoms with van der Waals surface area (Å²) in [5.74, 6) is 1.33. The molecule has 0 saturated carbocycles. The molecule has 0 aliphatic heterocycles. The predicted molar refractivity (Wildman–Crippen MR) is 97.9 cm³/mol. The van der Waals surface area contributed by atoms with E-state index in [4.69, 9.17) is 9.47 Å². The Labute approximate surface area is 147 Å². The van der Waals surface area contributed by atoms with Gasteiger partial charge in [0.2, 0.25) is 5.91 Å². The molecule has 0 heterocycles. The molecule has 0 saturated heterocycles. The molecule has 2 rings (SSSR count). The Morgan fingerprint density at radius 2 is 1.67 bits per heavy atom. The van der Waals surface area contributed by atoms with Crippen LogP contribution in [-0.4, -0.2) is 25.4 Å². The zero-order valence-corrected chi connectivity index (χ0v) is 15.2. The molecule has 1 amide bonds. The van der Waals surface area contributed by atoms with Gasteiger partial charge in [-0.15, -0.1) is 11.8 Å². The van der Waals surface area contributed by atoms with E-state index in [1.54, 1.807) is 26.0 Å². The Balaban J connectivity index is 2.00. The molecule has 0 unspecified atom stereocenters. The van der Waals surface area contributed by atoms with E-state index in [0.29, 0.717) is 11.5 Å². The van der Waals surface area contributed by atoms with E-state index in [2.05, 4.69) is 5.32 Å². The van der Waals surface area contributed by atoms with Crippen LogP contribution in [0.2, 0.25) is 0 Å². The maximum absolute atomic E-state index is 12.4. The highest BCUT2D eigenvalue weighted by Gasteiger charge is 2.18. The van der Waals surface area contributed by atoms with Crippen LogP contribution in [0.3, 0.4) is 0 Å². The quantitative estimate of drug-likeness (QED) is 0.769. The number of benzene rings is 2. The second-order valence-electron chi connectivity index (χ2n) is 5.42. The largest absolute Gasteiger partial charge is 0.493 e. The zero-order chi connectivity index (χ0) is 17.5. The number of thioether (sulfide) groups is 1. The van der Waals surface area contributed by atoms with Crippen molar-refractivity contribution in [3.63, 3.8) is 0 Å². The molecule has 1 N–H and O–H groups in total. The third-order valence-corrected chi connectivity index (χ3v) is 4.80. The van der Waals surface area contributed by atoms with Gasteiger partial charge in [-0.25, -0.2) is 0 Å². The van der Waals surface area contributed by atoms with E-state index in [1.165, 1.54) is 0 Å². The monoisotopic (exact) mass is 345 g/mol. The molecule has 5 heteroatoms. The van der Waals surface area contributed by atoms with Gasteiger partial charge in [0.05, 0.1) is 25.5 Å². The van der Waals surface area contributed by atoms with Gasteiger partial charge in [-0.1, -0.05) is 24.3 Å². The minimum absolute atomic E-state index is 0.00568. The second-order valence-corrected chi connectivity index (χ2v) is 6.83. The van der Waals surface area contributed by atoms with Crippen molar-refractivity contribution in [3.05, 3.63) is 54.1 Å². The van der Waals surface area contributed by atoms with Crippen LogP contribution < -0.4 is 14.8 Å². The van der Waals surface area contributed by atoms with Crippen LogP contribution in [0.5, 0.6) is 11.5 Å². The van der Waals surface area contributed by atoms with Crippen molar-refractivity contribution >= 4 is 17.7 Å². The maximum atomic E-state index is 12.4. The lowest BCUT2D eigenvalue weighted by atomic mass is 10.1. The lowest BCUT2D eigenvalue weighted by Crippen LogP contribution is -2.33. The normalized spacial score (nSPS) is 13.0. The number of carbonyl (C=O) groups excluding carboxylic acids is 1. The summed E-state index contributed by atoms with van der Waals surface area (Å²) >= 11 is 1.55. The summed E-state index contributed by atoms with van der Waals surface area (Å²) < 4.78 is 10.6. The average Bonchev–Trinajstić information content (AvgIpc) is 2.61. The van der Waals surface area contributed by atoms with Crippen LogP contribution in [0, 0.1) is 0 Å². The summed E-state index contributed by atoms with van der Waals surface area (Å²) in [6, 6.07) is 15.5. The van der Waals surface area contributed by atoms with E-state index in [9.17, 15) is 4.79 Å². The Kier molecular flexibility index (Phi) is 6.55. The van der Waals surface area contributed by atoms with Crippen molar-refractivity contribution in [2.75, 3.05) is 14.2 Å². The van der Waals surface area contributed by atoms with Crippen LogP contribution >= 0.6 is 11.8 Å². The van der Waals surface area contributed by atoms with E-state index in [-0.39, 0.29) is 17.2 Å². The number of hydrogen-bond acceptors (Lipinski definition) is 4. The topological polar surface area (TPSA) is 47.6 Å². The lowest BCUT2D eigenvalue weighted by Gasteiger charge is -2.19. The minimum Gasteiger partial charge on any atom is -0.493 e. The number of nitrogens with one attached hydrogen (secondary N) is 1. The SMILES string of the molecule is COc1ccc([C@H](C)NC(=O)[C@@H](C)Sc2ccccc2)cc1OC. The Bertz CT molecular complexity index is 676. The third kappa shape index (κ3) is 4.68. The molecule has 24 heavy (non-hydrogen) atoms. The molecular formula is C19H23NO3S. The van der Waals surface area contributed by atoms with E-state index in [1.807, 2.05) is 62.4 Å². The summed E-state index contributed by atoms with van der Waals surface area (Å²) in [5, 5.41) is 2.88. The fraction of sp³-hybridized carbons (Fsp3) is 0.316. The van der Waals surface area contributed by atoms with Crippen molar-refractivity contribution < 1.29 is 14.3 Å². The fourth-order valence-electron chi connectivity index (χ4n) is 2.29. The first-order valence-electron chi connectivity index (χ1n) is 7.79. The smallest absolute Gasteiger partial charge is 0.233 e. The van der Waals surface area contributed by atoms with Gasteiger partial charge in [0.25, 0.3) is 0 Å². The van der Waals surface area contributed by atoms with Gasteiger partial charge in [0.1, 0.15) is 0 Å². The first kappa shape index (κ1) is 18.2. The molecule has 0 aromatic heterocycles. The van der Waals surface area contributed by atoms with Gasteiger partial charge >= 0.3 is 0 Å². The van der Waals surface area contributed by atoms with Gasteiger partial charge < -0.3 is 14.8 Å². The summed E-state index contributed by atoms with van der Waals surface area (Å²) in [7, 11) is 3.20. The van der Waals surface area contributed by atoms with Crippen LogP contribution in [-0.2, 0) is 4.79 Å². The zero-order valence-electron chi connectivity index (χ0n) is 14.4. The molecular weight excluding hydrogens is 322 g/mol. The Morgan fingerprint density at radius 1 is 1.00 bits per heavy atom. The minimum atomic E-state index is -0.171. The van der Waals surface area contributed by atoms with Crippen LogP contribution in [0.15, 0.2) is 53.4 Å². The van der Waals surface area contributed by atoms with Gasteiger partial charge in [-0.05, 0) is 43.7 Å². The van der Waals surface area contributed by atoms with Crippen molar-refractivity contribution in [1.29, 1.82) is 0 Å². The summed E-state index contributed by atoms with van der Waals surface area (Å²) in [5.41, 5.74) is 0.970. The van der Waals surface area contributed by atoms with Crippen LogP contribution in [0.4, 0.5) is 0 Å². The number of hydrogen-bond donors (Lipinski definition) is 1. The molecule has 128 valence electrons. The second kappa shape index (κ2) is 8.64. The van der Waals surface area contributed by atoms with Crippen molar-refractivity contribution in [1.82, 2.24) is 5.32 Å². The number of amides is 1. The average molecular weight is 345 g/mol. The van der Waals surface area contributed by atoms with Crippen molar-refractivity contribution in [2.24, 2.45) is 0 Å². The molecule has 2 aromatic carbocycles. The molecule has 0 aliphatic rings. The number of ether oxygens (including phenoxy) is 2. The third-order valence-electron chi connectivity index (χ3n) is 3.69. The van der Waals surface area contributed by atoms with Crippen molar-refractivity contribution in [2.45, 2.75) is 30.0 Å². The first-order valence-corrected chi connectivity index (χ1v) is 8.67. The number of carbonyl (C=O) groups is 1. The van der Waals surface area contributed by atoms with Gasteiger partial charge in [-0.3, -0.25) is 4.79 Å². The highest BCUT2D eigenvalue weighted by Crippen LogP contribution is 2.30. The van der Waals surface area contributed by atoms with Crippen molar-refractivity contribution in [3.8, 4) is 11.5 Å². The number of rotatable bonds is 7. The highest BCUT2D eigenvalue weighted by atomic mass is 32.2. The molecule has 0 radical (unpaired) electrons. The van der Waals surface area contributed by atoms with E-state index in [0.717, 1.165) is 10.5 Å². The maximum Gasteiger partial charge on any atom is 0.233 e. The number of methoxy groups -OCH3 is 2. The highest BCUT2D eigenvalue weighted by molar-refractivity contribution is 8.00. The first-order chi connectivity index (χ1) is 11.5. The standard InChI is InChI=1S/C19H23NO3S/c1-13(15-10-11-17(22-3)18(12-15)23-4)20-19(21)14(2)24-16-8-6-5-7-9-16/h5-14H,1-4H3,(H,20,21)/t13-,14+/m0/s1. The molecule has 4 nitrogen and oxygen atoms in total. The molecule has 0 fully saturated rings. The van der Waals surface area contributed by atoms with Gasteiger partial charge in [0.15, 0.2) is 11.5 Å². The molecule has 0 aliphatic carbocycles.